The number of ether oxygens (including phenoxy) is 1. The fraction of sp³-hybridized carbons (Fsp3) is 0.458. The summed E-state index contributed by atoms with van der Waals surface area (Å²) in [5.74, 6) is 0.793. The number of non-ortho nitro benzene ring substituents is 1. The molecule has 0 saturated carbocycles. The Bertz CT molecular complexity index is 879. The van der Waals surface area contributed by atoms with Crippen molar-refractivity contribution in [2.24, 2.45) is 4.99 Å². The summed E-state index contributed by atoms with van der Waals surface area (Å²) in [5, 5.41) is 17.5. The lowest BCUT2D eigenvalue weighted by atomic mass is 10.1. The van der Waals surface area contributed by atoms with Crippen LogP contribution in [0.3, 0.4) is 0 Å². The summed E-state index contributed by atoms with van der Waals surface area (Å²) in [6, 6.07) is 15.3. The Balaban J connectivity index is 1.38. The van der Waals surface area contributed by atoms with E-state index >= 15 is 0 Å². The molecule has 0 amide bonds. The quantitative estimate of drug-likeness (QED) is 0.194. The maximum Gasteiger partial charge on any atom is 0.269 e. The molecule has 0 spiro atoms. The van der Waals surface area contributed by atoms with Gasteiger partial charge in [-0.05, 0) is 36.0 Å². The summed E-state index contributed by atoms with van der Waals surface area (Å²) in [6.07, 6.45) is 2.90. The van der Waals surface area contributed by atoms with Gasteiger partial charge in [0.1, 0.15) is 0 Å². The number of hydrogen-bond donors (Lipinski definition) is 2. The maximum atomic E-state index is 10.7. The molecule has 1 fully saturated rings. The lowest BCUT2D eigenvalue weighted by molar-refractivity contribution is -0.384. The smallest absolute Gasteiger partial charge is 0.269 e. The van der Waals surface area contributed by atoms with Gasteiger partial charge in [-0.3, -0.25) is 20.0 Å². The van der Waals surface area contributed by atoms with E-state index in [-0.39, 0.29) is 10.6 Å². The van der Waals surface area contributed by atoms with Crippen molar-refractivity contribution >= 4 is 11.6 Å². The Morgan fingerprint density at radius 1 is 1.06 bits per heavy atom. The van der Waals surface area contributed by atoms with Crippen molar-refractivity contribution in [3.63, 3.8) is 0 Å². The van der Waals surface area contributed by atoms with E-state index in [2.05, 4.69) is 44.8 Å². The molecule has 0 atom stereocenters. The van der Waals surface area contributed by atoms with Crippen LogP contribution in [0.25, 0.3) is 0 Å². The first-order valence-electron chi connectivity index (χ1n) is 11.2. The zero-order valence-corrected chi connectivity index (χ0v) is 18.8. The van der Waals surface area contributed by atoms with Gasteiger partial charge in [-0.25, -0.2) is 0 Å². The van der Waals surface area contributed by atoms with Gasteiger partial charge in [0, 0.05) is 51.9 Å². The van der Waals surface area contributed by atoms with Crippen LogP contribution in [0, 0.1) is 10.1 Å². The molecule has 0 unspecified atom stereocenters. The number of unbranched alkanes of at least 4 members (excludes halogenated alkanes) is 1. The predicted octanol–water partition coefficient (Wildman–Crippen LogP) is 3.11. The Morgan fingerprint density at radius 2 is 1.78 bits per heavy atom. The normalized spacial score (nSPS) is 14.8. The van der Waals surface area contributed by atoms with Crippen LogP contribution in [0.2, 0.25) is 0 Å². The van der Waals surface area contributed by atoms with Gasteiger partial charge in [-0.15, -0.1) is 0 Å². The van der Waals surface area contributed by atoms with Crippen LogP contribution in [0.15, 0.2) is 53.5 Å². The van der Waals surface area contributed by atoms with Crippen molar-refractivity contribution in [3.05, 3.63) is 75.3 Å². The fourth-order valence-electron chi connectivity index (χ4n) is 3.73. The number of benzene rings is 2. The average molecular weight is 440 g/mol. The molecular formula is C24H33N5O3. The molecule has 1 aliphatic heterocycles. The molecule has 2 aromatic carbocycles. The second-order valence-corrected chi connectivity index (χ2v) is 7.89. The van der Waals surface area contributed by atoms with Crippen molar-refractivity contribution in [2.75, 3.05) is 39.9 Å². The van der Waals surface area contributed by atoms with E-state index in [9.17, 15) is 10.1 Å². The van der Waals surface area contributed by atoms with Crippen molar-refractivity contribution in [3.8, 4) is 0 Å². The molecule has 8 heteroatoms. The molecule has 2 N–H and O–H groups in total. The van der Waals surface area contributed by atoms with Crippen molar-refractivity contribution in [1.29, 1.82) is 0 Å². The summed E-state index contributed by atoms with van der Waals surface area (Å²) in [6.45, 7) is 6.05. The first kappa shape index (κ1) is 23.7. The molecule has 8 nitrogen and oxygen atoms in total. The number of guanidine groups is 1. The number of nitro benzene ring substituents is 1. The van der Waals surface area contributed by atoms with E-state index in [4.69, 9.17) is 4.74 Å². The molecule has 0 aromatic heterocycles. The minimum absolute atomic E-state index is 0.136. The minimum atomic E-state index is -0.368. The summed E-state index contributed by atoms with van der Waals surface area (Å²) in [4.78, 5) is 17.1. The van der Waals surface area contributed by atoms with E-state index in [1.165, 1.54) is 11.1 Å². The highest BCUT2D eigenvalue weighted by molar-refractivity contribution is 5.79. The number of aliphatic imine (C=N–C) groups is 1. The SMILES string of the molecule is CN=C(NCCCCc1ccc([N+](=O)[O-])cc1)NCc1ccccc1CN1CCOCC1. The van der Waals surface area contributed by atoms with Gasteiger partial charge in [0.2, 0.25) is 0 Å². The average Bonchev–Trinajstić information content (AvgIpc) is 2.82. The number of nitro groups is 1. The molecule has 0 radical (unpaired) electrons. The van der Waals surface area contributed by atoms with E-state index in [1.54, 1.807) is 19.2 Å². The second-order valence-electron chi connectivity index (χ2n) is 7.89. The Kier molecular flexibility index (Phi) is 9.46. The molecule has 2 aromatic rings. The molecule has 1 aliphatic rings. The minimum Gasteiger partial charge on any atom is -0.379 e. The molecule has 32 heavy (non-hydrogen) atoms. The zero-order valence-electron chi connectivity index (χ0n) is 18.8. The summed E-state index contributed by atoms with van der Waals surface area (Å²) in [5.41, 5.74) is 3.87. The summed E-state index contributed by atoms with van der Waals surface area (Å²) >= 11 is 0. The van der Waals surface area contributed by atoms with Crippen LogP contribution in [0.4, 0.5) is 5.69 Å². The van der Waals surface area contributed by atoms with Gasteiger partial charge < -0.3 is 15.4 Å². The predicted molar refractivity (Wildman–Crippen MR) is 127 cm³/mol. The Hall–Kier alpha value is -2.97. The largest absolute Gasteiger partial charge is 0.379 e. The van der Waals surface area contributed by atoms with Crippen LogP contribution in [-0.4, -0.2) is 55.7 Å². The standard InChI is InChI=1S/C24H33N5O3/c1-25-24(26-13-5-4-6-20-9-11-23(12-10-20)29(30)31)27-18-21-7-2-3-8-22(21)19-28-14-16-32-17-15-28/h2-3,7-12H,4-6,13-19H2,1H3,(H2,25,26,27). The maximum absolute atomic E-state index is 10.7. The van der Waals surface area contributed by atoms with Gasteiger partial charge >= 0.3 is 0 Å². The van der Waals surface area contributed by atoms with Crippen LogP contribution >= 0.6 is 0 Å². The highest BCUT2D eigenvalue weighted by Crippen LogP contribution is 2.14. The van der Waals surface area contributed by atoms with E-state index < -0.39 is 0 Å². The van der Waals surface area contributed by atoms with E-state index in [1.807, 2.05) is 12.1 Å². The van der Waals surface area contributed by atoms with Gasteiger partial charge in [0.05, 0.1) is 18.1 Å². The lowest BCUT2D eigenvalue weighted by Crippen LogP contribution is -2.38. The van der Waals surface area contributed by atoms with Crippen LogP contribution in [0.5, 0.6) is 0 Å². The number of rotatable bonds is 10. The van der Waals surface area contributed by atoms with E-state index in [0.717, 1.165) is 76.7 Å². The number of nitrogens with zero attached hydrogens (tertiary/aromatic N) is 3. The molecule has 0 aliphatic carbocycles. The topological polar surface area (TPSA) is 92.0 Å². The fourth-order valence-corrected chi connectivity index (χ4v) is 3.73. The molecular weight excluding hydrogens is 406 g/mol. The molecule has 0 bridgehead atoms. The lowest BCUT2D eigenvalue weighted by Gasteiger charge is -2.27. The first-order valence-corrected chi connectivity index (χ1v) is 11.2. The van der Waals surface area contributed by atoms with Crippen LogP contribution < -0.4 is 10.6 Å². The second kappa shape index (κ2) is 12.8. The van der Waals surface area contributed by atoms with E-state index in [0.29, 0.717) is 0 Å². The first-order chi connectivity index (χ1) is 15.7. The van der Waals surface area contributed by atoms with Crippen molar-refractivity contribution in [1.82, 2.24) is 15.5 Å². The summed E-state index contributed by atoms with van der Waals surface area (Å²) < 4.78 is 5.45. The molecule has 3 rings (SSSR count). The zero-order chi connectivity index (χ0) is 22.6. The highest BCUT2D eigenvalue weighted by Gasteiger charge is 2.12. The van der Waals surface area contributed by atoms with Gasteiger partial charge in [-0.2, -0.15) is 0 Å². The van der Waals surface area contributed by atoms with Crippen LogP contribution in [0.1, 0.15) is 29.5 Å². The summed E-state index contributed by atoms with van der Waals surface area (Å²) in [7, 11) is 1.78. The Labute approximate surface area is 189 Å². The third kappa shape index (κ3) is 7.62. The third-order valence-electron chi connectivity index (χ3n) is 5.62. The van der Waals surface area contributed by atoms with Crippen molar-refractivity contribution < 1.29 is 9.66 Å². The van der Waals surface area contributed by atoms with Crippen molar-refractivity contribution in [2.45, 2.75) is 32.4 Å². The van der Waals surface area contributed by atoms with Gasteiger partial charge in [0.15, 0.2) is 5.96 Å². The number of nitrogens with one attached hydrogen (secondary N) is 2. The number of hydrogen-bond acceptors (Lipinski definition) is 5. The Morgan fingerprint density at radius 3 is 2.47 bits per heavy atom. The molecule has 1 saturated heterocycles. The van der Waals surface area contributed by atoms with Gasteiger partial charge in [-0.1, -0.05) is 36.4 Å². The number of aryl methyl sites for hydroxylation is 1. The van der Waals surface area contributed by atoms with Gasteiger partial charge in [0.25, 0.3) is 5.69 Å². The highest BCUT2D eigenvalue weighted by atomic mass is 16.6. The monoisotopic (exact) mass is 439 g/mol. The molecule has 172 valence electrons. The number of morpholine rings is 1. The van der Waals surface area contributed by atoms with Crippen LogP contribution in [-0.2, 0) is 24.2 Å². The third-order valence-corrected chi connectivity index (χ3v) is 5.62. The molecule has 1 heterocycles.